The van der Waals surface area contributed by atoms with E-state index in [-0.39, 0.29) is 18.2 Å². The average Bonchev–Trinajstić information content (AvgIpc) is 2.48. The molecule has 20 heavy (non-hydrogen) atoms. The first-order chi connectivity index (χ1) is 9.74. The molecule has 1 aromatic rings. The maximum atomic E-state index is 8.58. The minimum Gasteiger partial charge on any atom is -0.368 e. The minimum absolute atomic E-state index is 0.174. The number of methoxy groups -OCH3 is 1. The Labute approximate surface area is 118 Å². The van der Waals surface area contributed by atoms with E-state index in [4.69, 9.17) is 19.7 Å². The predicted molar refractivity (Wildman–Crippen MR) is 73.9 cm³/mol. The molecule has 1 heterocycles. The maximum Gasteiger partial charge on any atom is 0.183 e. The molecule has 0 aliphatic carbocycles. The zero-order chi connectivity index (χ0) is 14.4. The summed E-state index contributed by atoms with van der Waals surface area (Å²) in [5.74, 6) is 0. The van der Waals surface area contributed by atoms with Crippen molar-refractivity contribution in [3.63, 3.8) is 0 Å². The van der Waals surface area contributed by atoms with Crippen LogP contribution in [0.4, 0.5) is 0 Å². The third-order valence-electron chi connectivity index (χ3n) is 3.41. The first kappa shape index (κ1) is 14.8. The second-order valence-corrected chi connectivity index (χ2v) is 4.79. The van der Waals surface area contributed by atoms with Crippen molar-refractivity contribution in [2.45, 2.75) is 44.5 Å². The van der Waals surface area contributed by atoms with Gasteiger partial charge in [0.25, 0.3) is 0 Å². The lowest BCUT2D eigenvalue weighted by atomic mass is 10.0. The summed E-state index contributed by atoms with van der Waals surface area (Å²) in [4.78, 5) is 2.86. The van der Waals surface area contributed by atoms with Gasteiger partial charge in [-0.3, -0.25) is 0 Å². The van der Waals surface area contributed by atoms with Crippen LogP contribution in [0.3, 0.4) is 0 Å². The molecule has 0 saturated carbocycles. The van der Waals surface area contributed by atoms with Crippen molar-refractivity contribution >= 4 is 0 Å². The third kappa shape index (κ3) is 3.71. The van der Waals surface area contributed by atoms with E-state index >= 15 is 0 Å². The topological polar surface area (TPSA) is 76.5 Å². The van der Waals surface area contributed by atoms with Crippen molar-refractivity contribution in [1.82, 2.24) is 0 Å². The number of rotatable bonds is 5. The minimum atomic E-state index is -0.432. The molecule has 0 spiro atoms. The van der Waals surface area contributed by atoms with Crippen molar-refractivity contribution in [2.75, 3.05) is 7.11 Å². The summed E-state index contributed by atoms with van der Waals surface area (Å²) < 4.78 is 16.9. The number of benzene rings is 1. The summed E-state index contributed by atoms with van der Waals surface area (Å²) >= 11 is 0. The smallest absolute Gasteiger partial charge is 0.183 e. The molecule has 2 rings (SSSR count). The van der Waals surface area contributed by atoms with Crippen LogP contribution in [0.2, 0.25) is 0 Å². The van der Waals surface area contributed by atoms with Crippen LogP contribution in [0, 0.1) is 0 Å². The molecule has 0 aromatic heterocycles. The van der Waals surface area contributed by atoms with E-state index in [9.17, 15) is 0 Å². The zero-order valence-electron chi connectivity index (χ0n) is 11.7. The van der Waals surface area contributed by atoms with Crippen LogP contribution in [0.15, 0.2) is 35.4 Å². The van der Waals surface area contributed by atoms with Crippen molar-refractivity contribution in [3.05, 3.63) is 46.3 Å². The van der Waals surface area contributed by atoms with Crippen molar-refractivity contribution in [3.8, 4) is 0 Å². The molecular formula is C14H19N3O3. The highest BCUT2D eigenvalue weighted by molar-refractivity contribution is 5.13. The van der Waals surface area contributed by atoms with E-state index in [2.05, 4.69) is 10.0 Å². The maximum absolute atomic E-state index is 8.58. The zero-order valence-corrected chi connectivity index (χ0v) is 11.7. The molecular weight excluding hydrogens is 258 g/mol. The van der Waals surface area contributed by atoms with Gasteiger partial charge in [0.2, 0.25) is 0 Å². The van der Waals surface area contributed by atoms with E-state index in [0.717, 1.165) is 5.56 Å². The molecule has 0 unspecified atom stereocenters. The number of nitrogens with zero attached hydrogens (tertiary/aromatic N) is 3. The van der Waals surface area contributed by atoms with Crippen LogP contribution < -0.4 is 0 Å². The van der Waals surface area contributed by atoms with E-state index in [0.29, 0.717) is 13.0 Å². The van der Waals surface area contributed by atoms with Crippen LogP contribution in [-0.2, 0) is 20.8 Å². The SMILES string of the molecule is CO[C@H]1O[C@H](C)[C@@H](N=[N+]=[N-])C[C@H]1OCc1ccccc1. The summed E-state index contributed by atoms with van der Waals surface area (Å²) in [7, 11) is 1.59. The molecule has 0 N–H and O–H groups in total. The first-order valence-electron chi connectivity index (χ1n) is 6.62. The van der Waals surface area contributed by atoms with Gasteiger partial charge >= 0.3 is 0 Å². The molecule has 0 amide bonds. The van der Waals surface area contributed by atoms with Gasteiger partial charge in [0.1, 0.15) is 6.10 Å². The highest BCUT2D eigenvalue weighted by Crippen LogP contribution is 2.26. The van der Waals surface area contributed by atoms with Gasteiger partial charge in [-0.25, -0.2) is 0 Å². The summed E-state index contributed by atoms with van der Waals surface area (Å²) in [5.41, 5.74) is 9.67. The van der Waals surface area contributed by atoms with Gasteiger partial charge in [0, 0.05) is 12.0 Å². The Kier molecular flexibility index (Phi) is 5.38. The van der Waals surface area contributed by atoms with Gasteiger partial charge in [-0.1, -0.05) is 35.4 Å². The quantitative estimate of drug-likeness (QED) is 0.471. The lowest BCUT2D eigenvalue weighted by Crippen LogP contribution is -2.47. The van der Waals surface area contributed by atoms with Crippen LogP contribution in [0.1, 0.15) is 18.9 Å². The van der Waals surface area contributed by atoms with Crippen LogP contribution in [-0.4, -0.2) is 31.6 Å². The van der Waals surface area contributed by atoms with Gasteiger partial charge < -0.3 is 14.2 Å². The molecule has 6 heteroatoms. The normalized spacial score (nSPS) is 29.7. The van der Waals surface area contributed by atoms with Gasteiger partial charge in [-0.05, 0) is 24.4 Å². The van der Waals surface area contributed by atoms with Gasteiger partial charge in [-0.2, -0.15) is 0 Å². The Morgan fingerprint density at radius 1 is 1.40 bits per heavy atom. The van der Waals surface area contributed by atoms with Crippen molar-refractivity contribution < 1.29 is 14.2 Å². The van der Waals surface area contributed by atoms with E-state index < -0.39 is 6.29 Å². The molecule has 1 saturated heterocycles. The standard InChI is InChI=1S/C14H19N3O3/c1-10-12(16-17-15)8-13(14(18-2)20-10)19-9-11-6-4-3-5-7-11/h3-7,10,12-14H,8-9H2,1-2H3/t10-,12+,13-,14+/m1/s1. The molecule has 0 radical (unpaired) electrons. The fourth-order valence-corrected chi connectivity index (χ4v) is 2.27. The largest absolute Gasteiger partial charge is 0.368 e. The monoisotopic (exact) mass is 277 g/mol. The van der Waals surface area contributed by atoms with E-state index in [1.807, 2.05) is 37.3 Å². The van der Waals surface area contributed by atoms with Crippen LogP contribution in [0.5, 0.6) is 0 Å². The number of hydrogen-bond acceptors (Lipinski definition) is 4. The van der Waals surface area contributed by atoms with E-state index in [1.165, 1.54) is 0 Å². The fraction of sp³-hybridized carbons (Fsp3) is 0.571. The third-order valence-corrected chi connectivity index (χ3v) is 3.41. The second kappa shape index (κ2) is 7.26. The number of ether oxygens (including phenoxy) is 3. The van der Waals surface area contributed by atoms with Crippen LogP contribution >= 0.6 is 0 Å². The predicted octanol–water partition coefficient (Wildman–Crippen LogP) is 3.03. The van der Waals surface area contributed by atoms with Crippen LogP contribution in [0.25, 0.3) is 10.4 Å². The molecule has 1 fully saturated rings. The van der Waals surface area contributed by atoms with Gasteiger partial charge in [0.15, 0.2) is 6.29 Å². The fourth-order valence-electron chi connectivity index (χ4n) is 2.27. The van der Waals surface area contributed by atoms with Gasteiger partial charge in [0.05, 0.1) is 18.8 Å². The Morgan fingerprint density at radius 2 is 2.15 bits per heavy atom. The van der Waals surface area contributed by atoms with Crippen molar-refractivity contribution in [1.29, 1.82) is 0 Å². The molecule has 108 valence electrons. The molecule has 4 atom stereocenters. The Balaban J connectivity index is 1.98. The van der Waals surface area contributed by atoms with E-state index in [1.54, 1.807) is 7.11 Å². The number of hydrogen-bond donors (Lipinski definition) is 0. The van der Waals surface area contributed by atoms with Crippen molar-refractivity contribution in [2.24, 2.45) is 5.11 Å². The highest BCUT2D eigenvalue weighted by Gasteiger charge is 2.36. The lowest BCUT2D eigenvalue weighted by molar-refractivity contribution is -0.244. The Bertz CT molecular complexity index is 462. The average molecular weight is 277 g/mol. The summed E-state index contributed by atoms with van der Waals surface area (Å²) in [6.45, 7) is 2.35. The summed E-state index contributed by atoms with van der Waals surface area (Å²) in [6, 6.07) is 9.67. The highest BCUT2D eigenvalue weighted by atomic mass is 16.7. The summed E-state index contributed by atoms with van der Waals surface area (Å²) in [6.07, 6.45) is -0.255. The molecule has 1 aromatic carbocycles. The first-order valence-corrected chi connectivity index (χ1v) is 6.62. The lowest BCUT2D eigenvalue weighted by Gasteiger charge is -2.37. The second-order valence-electron chi connectivity index (χ2n) is 4.79. The molecule has 6 nitrogen and oxygen atoms in total. The molecule has 1 aliphatic heterocycles. The molecule has 1 aliphatic rings. The summed E-state index contributed by atoms with van der Waals surface area (Å²) in [5, 5.41) is 3.76. The molecule has 0 bridgehead atoms. The number of azide groups is 1. The Hall–Kier alpha value is -1.59. The Morgan fingerprint density at radius 3 is 2.80 bits per heavy atom. The van der Waals surface area contributed by atoms with Gasteiger partial charge in [-0.15, -0.1) is 0 Å².